The molecule has 0 saturated carbocycles. The van der Waals surface area contributed by atoms with Gasteiger partial charge < -0.3 is 4.42 Å². The Balaban J connectivity index is 2.14. The van der Waals surface area contributed by atoms with Crippen molar-refractivity contribution in [3.63, 3.8) is 0 Å². The van der Waals surface area contributed by atoms with Gasteiger partial charge in [-0.1, -0.05) is 12.1 Å². The Morgan fingerprint density at radius 3 is 2.56 bits per heavy atom. The van der Waals surface area contributed by atoms with E-state index < -0.39 is 0 Å². The molecular formula is C12H8BrFO2. The van der Waals surface area contributed by atoms with Crippen molar-refractivity contribution < 1.29 is 13.6 Å². The highest BCUT2D eigenvalue weighted by molar-refractivity contribution is 9.18. The SMILES string of the molecule is O=C(Br)c1coc(Cc2ccc(F)cc2)c1. The van der Waals surface area contributed by atoms with E-state index in [9.17, 15) is 9.18 Å². The van der Waals surface area contributed by atoms with Gasteiger partial charge in [0.25, 0.3) is 0 Å². The summed E-state index contributed by atoms with van der Waals surface area (Å²) >= 11 is 2.84. The van der Waals surface area contributed by atoms with E-state index in [1.807, 2.05) is 0 Å². The fourth-order valence-electron chi connectivity index (χ4n) is 1.38. The highest BCUT2D eigenvalue weighted by Crippen LogP contribution is 2.15. The van der Waals surface area contributed by atoms with Gasteiger partial charge in [-0.3, -0.25) is 4.79 Å². The van der Waals surface area contributed by atoms with Crippen LogP contribution in [-0.2, 0) is 6.42 Å². The predicted octanol–water partition coefficient (Wildman–Crippen LogP) is 3.54. The van der Waals surface area contributed by atoms with Crippen molar-refractivity contribution >= 4 is 20.6 Å². The molecule has 0 atom stereocenters. The Morgan fingerprint density at radius 1 is 1.31 bits per heavy atom. The summed E-state index contributed by atoms with van der Waals surface area (Å²) in [6.07, 6.45) is 1.94. The van der Waals surface area contributed by atoms with Gasteiger partial charge in [-0.25, -0.2) is 4.39 Å². The van der Waals surface area contributed by atoms with Crippen molar-refractivity contribution in [2.24, 2.45) is 0 Å². The standard InChI is InChI=1S/C12H8BrFO2/c13-12(15)9-6-11(16-7-9)5-8-1-3-10(14)4-2-8/h1-4,6-7H,5H2. The third-order valence-corrected chi connectivity index (χ3v) is 2.63. The van der Waals surface area contributed by atoms with E-state index >= 15 is 0 Å². The first-order valence-corrected chi connectivity index (χ1v) is 5.46. The summed E-state index contributed by atoms with van der Waals surface area (Å²) < 4.78 is 17.7. The molecule has 2 rings (SSSR count). The minimum atomic E-state index is -0.264. The molecule has 0 radical (unpaired) electrons. The van der Waals surface area contributed by atoms with Crippen LogP contribution in [0.4, 0.5) is 4.39 Å². The fourth-order valence-corrected chi connectivity index (χ4v) is 1.59. The zero-order valence-corrected chi connectivity index (χ0v) is 9.83. The molecule has 0 aliphatic heterocycles. The Kier molecular flexibility index (Phi) is 3.19. The van der Waals surface area contributed by atoms with E-state index in [0.29, 0.717) is 17.7 Å². The number of furan rings is 1. The van der Waals surface area contributed by atoms with Crippen LogP contribution >= 0.6 is 15.9 Å². The third kappa shape index (κ3) is 2.58. The fraction of sp³-hybridized carbons (Fsp3) is 0.0833. The number of carbonyl (C=O) groups is 1. The molecule has 1 aromatic heterocycles. The van der Waals surface area contributed by atoms with Crippen LogP contribution in [0.15, 0.2) is 41.0 Å². The van der Waals surface area contributed by atoms with Crippen molar-refractivity contribution in [2.45, 2.75) is 6.42 Å². The van der Waals surface area contributed by atoms with Crippen LogP contribution in [0.5, 0.6) is 0 Å². The lowest BCUT2D eigenvalue weighted by atomic mass is 10.1. The average Bonchev–Trinajstić information content (AvgIpc) is 2.70. The minimum absolute atomic E-state index is 0.207. The van der Waals surface area contributed by atoms with Gasteiger partial charge in [0, 0.05) is 6.42 Å². The minimum Gasteiger partial charge on any atom is -0.468 e. The van der Waals surface area contributed by atoms with E-state index in [2.05, 4.69) is 15.9 Å². The lowest BCUT2D eigenvalue weighted by Crippen LogP contribution is -1.86. The first-order valence-electron chi connectivity index (χ1n) is 4.67. The molecule has 1 aromatic carbocycles. The third-order valence-electron chi connectivity index (χ3n) is 2.17. The van der Waals surface area contributed by atoms with E-state index in [1.54, 1.807) is 18.2 Å². The number of rotatable bonds is 3. The second-order valence-electron chi connectivity index (χ2n) is 3.38. The summed E-state index contributed by atoms with van der Waals surface area (Å²) in [6.45, 7) is 0. The van der Waals surface area contributed by atoms with Gasteiger partial charge >= 0.3 is 0 Å². The molecule has 1 heterocycles. The zero-order valence-electron chi connectivity index (χ0n) is 8.24. The van der Waals surface area contributed by atoms with Crippen molar-refractivity contribution in [1.82, 2.24) is 0 Å². The van der Waals surface area contributed by atoms with Gasteiger partial charge in [-0.15, -0.1) is 0 Å². The molecule has 0 aliphatic carbocycles. The summed E-state index contributed by atoms with van der Waals surface area (Å²) in [6, 6.07) is 7.84. The van der Waals surface area contributed by atoms with Crippen LogP contribution in [-0.4, -0.2) is 4.69 Å². The highest BCUT2D eigenvalue weighted by atomic mass is 79.9. The molecule has 2 aromatic rings. The summed E-state index contributed by atoms with van der Waals surface area (Å²) in [7, 11) is 0. The smallest absolute Gasteiger partial charge is 0.231 e. The molecule has 0 amide bonds. The maximum atomic E-state index is 12.7. The van der Waals surface area contributed by atoms with E-state index in [-0.39, 0.29) is 10.5 Å². The maximum Gasteiger partial charge on any atom is 0.231 e. The van der Waals surface area contributed by atoms with Gasteiger partial charge in [-0.05, 0) is 39.7 Å². The largest absolute Gasteiger partial charge is 0.468 e. The van der Waals surface area contributed by atoms with Crippen molar-refractivity contribution in [2.75, 3.05) is 0 Å². The van der Waals surface area contributed by atoms with Crippen LogP contribution in [0.3, 0.4) is 0 Å². The summed E-state index contributed by atoms with van der Waals surface area (Å²) in [5, 5.41) is 0. The molecule has 0 spiro atoms. The van der Waals surface area contributed by atoms with E-state index in [4.69, 9.17) is 4.42 Å². The Hall–Kier alpha value is -1.42. The Labute approximate surface area is 100 Å². The van der Waals surface area contributed by atoms with E-state index in [1.165, 1.54) is 18.4 Å². The number of halogens is 2. The molecule has 82 valence electrons. The van der Waals surface area contributed by atoms with Crippen LogP contribution in [0.25, 0.3) is 0 Å². The molecule has 0 fully saturated rings. The molecule has 0 N–H and O–H groups in total. The van der Waals surface area contributed by atoms with Crippen LogP contribution in [0.2, 0.25) is 0 Å². The normalized spacial score (nSPS) is 10.4. The van der Waals surface area contributed by atoms with Gasteiger partial charge in [0.2, 0.25) is 4.69 Å². The topological polar surface area (TPSA) is 30.2 Å². The first kappa shape index (κ1) is 11.1. The molecule has 0 bridgehead atoms. The molecule has 16 heavy (non-hydrogen) atoms. The van der Waals surface area contributed by atoms with Crippen molar-refractivity contribution in [3.8, 4) is 0 Å². The van der Waals surface area contributed by atoms with E-state index in [0.717, 1.165) is 5.56 Å². The monoisotopic (exact) mass is 282 g/mol. The Bertz CT molecular complexity index is 502. The number of hydrogen-bond donors (Lipinski definition) is 0. The maximum absolute atomic E-state index is 12.7. The Morgan fingerprint density at radius 2 is 2.00 bits per heavy atom. The van der Waals surface area contributed by atoms with Crippen LogP contribution in [0, 0.1) is 5.82 Å². The first-order chi connectivity index (χ1) is 7.65. The molecule has 0 saturated heterocycles. The van der Waals surface area contributed by atoms with Gasteiger partial charge in [0.15, 0.2) is 0 Å². The van der Waals surface area contributed by atoms with Gasteiger partial charge in [-0.2, -0.15) is 0 Å². The van der Waals surface area contributed by atoms with Crippen molar-refractivity contribution in [3.05, 3.63) is 59.3 Å². The molecule has 4 heteroatoms. The predicted molar refractivity (Wildman–Crippen MR) is 61.2 cm³/mol. The summed E-state index contributed by atoms with van der Waals surface area (Å²) in [4.78, 5) is 11.0. The average molecular weight is 283 g/mol. The summed E-state index contributed by atoms with van der Waals surface area (Å²) in [5.74, 6) is 0.411. The van der Waals surface area contributed by atoms with Crippen LogP contribution < -0.4 is 0 Å². The van der Waals surface area contributed by atoms with Crippen molar-refractivity contribution in [1.29, 1.82) is 0 Å². The second kappa shape index (κ2) is 4.61. The molecule has 0 aliphatic rings. The number of benzene rings is 1. The van der Waals surface area contributed by atoms with Gasteiger partial charge in [0.1, 0.15) is 17.8 Å². The second-order valence-corrected chi connectivity index (χ2v) is 4.10. The quantitative estimate of drug-likeness (QED) is 0.806. The lowest BCUT2D eigenvalue weighted by Gasteiger charge is -1.97. The highest BCUT2D eigenvalue weighted by Gasteiger charge is 2.07. The molecule has 2 nitrogen and oxygen atoms in total. The number of carbonyl (C=O) groups excluding carboxylic acids is 1. The number of hydrogen-bond acceptors (Lipinski definition) is 2. The van der Waals surface area contributed by atoms with Crippen LogP contribution in [0.1, 0.15) is 21.7 Å². The lowest BCUT2D eigenvalue weighted by molar-refractivity contribution is 0.109. The van der Waals surface area contributed by atoms with Gasteiger partial charge in [0.05, 0.1) is 5.56 Å². The molecule has 0 unspecified atom stereocenters. The summed E-state index contributed by atoms with van der Waals surface area (Å²) in [5.41, 5.74) is 1.42. The zero-order chi connectivity index (χ0) is 11.5. The molecular weight excluding hydrogens is 275 g/mol.